The Bertz CT molecular complexity index is 2060. The molecule has 5 rings (SSSR count). The standard InChI is InChI=1S/C49H63FN2O10/c1-33(2)45-44(47(56)51-38-21-15-34(16-22-38)12-11-25-57-26-27-58-28-29-59-32-42(55)62-48(3,4)5)43(35-13-9-8-10-14-35)46(36-17-19-37(50)20-18-36)52(45)24-23-39-30-40(31-41(53)54)61-49(6,7)60-39/h8-10,13-22,33,39-40H,11-12,23-32H2,1-7H3,(H,51,56)(H,53,54)/t39-,40-/m1/s1. The van der Waals surface area contributed by atoms with Crippen molar-refractivity contribution in [2.75, 3.05) is 45.0 Å². The van der Waals surface area contributed by atoms with Crippen molar-refractivity contribution in [3.8, 4) is 22.4 Å². The highest BCUT2D eigenvalue weighted by Gasteiger charge is 2.37. The van der Waals surface area contributed by atoms with Gasteiger partial charge in [-0.3, -0.25) is 9.59 Å². The molecule has 0 saturated carbocycles. The van der Waals surface area contributed by atoms with Gasteiger partial charge in [-0.15, -0.1) is 0 Å². The number of benzene rings is 3. The van der Waals surface area contributed by atoms with Crippen molar-refractivity contribution in [2.45, 2.75) is 117 Å². The molecule has 1 amide bonds. The van der Waals surface area contributed by atoms with Gasteiger partial charge in [-0.2, -0.15) is 0 Å². The molecule has 0 unspecified atom stereocenters. The van der Waals surface area contributed by atoms with Gasteiger partial charge in [0, 0.05) is 36.5 Å². The van der Waals surface area contributed by atoms with Gasteiger partial charge in [0.05, 0.1) is 56.3 Å². The highest BCUT2D eigenvalue weighted by molar-refractivity contribution is 6.12. The van der Waals surface area contributed by atoms with Gasteiger partial charge in [0.1, 0.15) is 18.0 Å². The average Bonchev–Trinajstić information content (AvgIpc) is 3.54. The smallest absolute Gasteiger partial charge is 0.332 e. The van der Waals surface area contributed by atoms with Crippen molar-refractivity contribution in [2.24, 2.45) is 0 Å². The average molecular weight is 859 g/mol. The molecule has 0 bridgehead atoms. The Morgan fingerprint density at radius 2 is 1.48 bits per heavy atom. The van der Waals surface area contributed by atoms with Crippen LogP contribution < -0.4 is 5.32 Å². The second-order valence-corrected chi connectivity index (χ2v) is 17.3. The Kier molecular flexibility index (Phi) is 17.4. The van der Waals surface area contributed by atoms with Crippen LogP contribution in [0.3, 0.4) is 0 Å². The second kappa shape index (κ2) is 22.4. The van der Waals surface area contributed by atoms with E-state index in [-0.39, 0.29) is 43.4 Å². The number of carbonyl (C=O) groups is 3. The van der Waals surface area contributed by atoms with E-state index in [2.05, 4.69) is 23.7 Å². The van der Waals surface area contributed by atoms with Crippen molar-refractivity contribution in [1.82, 2.24) is 4.57 Å². The molecule has 13 heteroatoms. The fourth-order valence-corrected chi connectivity index (χ4v) is 7.78. The lowest BCUT2D eigenvalue weighted by atomic mass is 9.94. The van der Waals surface area contributed by atoms with Crippen molar-refractivity contribution >= 4 is 23.5 Å². The maximum absolute atomic E-state index is 14.7. The van der Waals surface area contributed by atoms with Gasteiger partial charge in [0.25, 0.3) is 5.91 Å². The molecule has 1 aromatic heterocycles. The summed E-state index contributed by atoms with van der Waals surface area (Å²) in [7, 11) is 0. The summed E-state index contributed by atoms with van der Waals surface area (Å²) in [5, 5.41) is 12.7. The van der Waals surface area contributed by atoms with Crippen LogP contribution in [0.5, 0.6) is 0 Å². The molecule has 0 aliphatic carbocycles. The minimum Gasteiger partial charge on any atom is -0.481 e. The van der Waals surface area contributed by atoms with Gasteiger partial charge in [0.15, 0.2) is 5.79 Å². The van der Waals surface area contributed by atoms with Gasteiger partial charge in [-0.25, -0.2) is 9.18 Å². The quantitative estimate of drug-likeness (QED) is 0.0580. The number of carboxylic acids is 1. The third-order valence-corrected chi connectivity index (χ3v) is 10.1. The van der Waals surface area contributed by atoms with E-state index in [1.807, 2.05) is 75.4 Å². The van der Waals surface area contributed by atoms with Crippen LogP contribution >= 0.6 is 0 Å². The summed E-state index contributed by atoms with van der Waals surface area (Å²) >= 11 is 0. The van der Waals surface area contributed by atoms with Gasteiger partial charge in [-0.1, -0.05) is 56.3 Å². The number of nitrogens with one attached hydrogen (secondary N) is 1. The van der Waals surface area contributed by atoms with E-state index in [1.165, 1.54) is 12.1 Å². The topological polar surface area (TPSA) is 144 Å². The summed E-state index contributed by atoms with van der Waals surface area (Å²) in [5.74, 6) is -3.03. The van der Waals surface area contributed by atoms with Crippen molar-refractivity contribution < 1.29 is 52.3 Å². The predicted molar refractivity (Wildman–Crippen MR) is 236 cm³/mol. The van der Waals surface area contributed by atoms with Crippen LogP contribution in [0.1, 0.15) is 102 Å². The zero-order valence-electron chi connectivity index (χ0n) is 37.2. The van der Waals surface area contributed by atoms with Gasteiger partial charge >= 0.3 is 11.9 Å². The Morgan fingerprint density at radius 3 is 2.11 bits per heavy atom. The van der Waals surface area contributed by atoms with Crippen LogP contribution in [0, 0.1) is 5.82 Å². The largest absolute Gasteiger partial charge is 0.481 e. The molecule has 2 heterocycles. The molecule has 12 nitrogen and oxygen atoms in total. The summed E-state index contributed by atoms with van der Waals surface area (Å²) in [6.07, 6.45) is 1.59. The zero-order valence-corrected chi connectivity index (χ0v) is 37.2. The minimum atomic E-state index is -0.968. The first-order valence-electron chi connectivity index (χ1n) is 21.5. The molecule has 1 aliphatic rings. The first-order chi connectivity index (χ1) is 29.5. The number of ether oxygens (including phenoxy) is 6. The predicted octanol–water partition coefficient (Wildman–Crippen LogP) is 9.44. The lowest BCUT2D eigenvalue weighted by Gasteiger charge is -2.40. The van der Waals surface area contributed by atoms with Crippen molar-refractivity contribution in [3.05, 3.63) is 102 Å². The first kappa shape index (κ1) is 48.1. The van der Waals surface area contributed by atoms with Crippen LogP contribution in [0.4, 0.5) is 10.1 Å². The molecule has 2 N–H and O–H groups in total. The fraction of sp³-hybridized carbons (Fsp3) is 0.490. The van der Waals surface area contributed by atoms with E-state index in [0.29, 0.717) is 57.1 Å². The summed E-state index contributed by atoms with van der Waals surface area (Å²) in [4.78, 5) is 38.1. The van der Waals surface area contributed by atoms with Crippen molar-refractivity contribution in [3.63, 3.8) is 0 Å². The maximum atomic E-state index is 14.7. The lowest BCUT2D eigenvalue weighted by molar-refractivity contribution is -0.300. The number of aryl methyl sites for hydroxylation is 1. The van der Waals surface area contributed by atoms with Gasteiger partial charge in [-0.05, 0) is 113 Å². The fourth-order valence-electron chi connectivity index (χ4n) is 7.78. The molecular weight excluding hydrogens is 796 g/mol. The van der Waals surface area contributed by atoms with Crippen LogP contribution in [0.2, 0.25) is 0 Å². The molecule has 0 spiro atoms. The summed E-state index contributed by atoms with van der Waals surface area (Å²) in [5.41, 5.74) is 5.68. The second-order valence-electron chi connectivity index (χ2n) is 17.3. The number of hydrogen-bond acceptors (Lipinski definition) is 9. The third kappa shape index (κ3) is 14.6. The minimum absolute atomic E-state index is 0.0970. The summed E-state index contributed by atoms with van der Waals surface area (Å²) in [6.45, 7) is 15.5. The highest BCUT2D eigenvalue weighted by atomic mass is 19.1. The monoisotopic (exact) mass is 858 g/mol. The Balaban J connectivity index is 1.27. The molecule has 1 saturated heterocycles. The molecular formula is C49H63FN2O10. The Labute approximate surface area is 365 Å². The maximum Gasteiger partial charge on any atom is 0.332 e. The number of halogens is 1. The molecule has 1 aliphatic heterocycles. The van der Waals surface area contributed by atoms with Gasteiger partial charge in [0.2, 0.25) is 0 Å². The molecule has 336 valence electrons. The molecule has 62 heavy (non-hydrogen) atoms. The number of anilines is 1. The molecule has 0 radical (unpaired) electrons. The highest BCUT2D eigenvalue weighted by Crippen LogP contribution is 2.43. The van der Waals surface area contributed by atoms with Crippen LogP contribution in [-0.2, 0) is 51.0 Å². The van der Waals surface area contributed by atoms with Crippen LogP contribution in [0.15, 0.2) is 78.9 Å². The van der Waals surface area contributed by atoms with Gasteiger partial charge < -0.3 is 43.4 Å². The number of amides is 1. The van der Waals surface area contributed by atoms with E-state index in [1.54, 1.807) is 26.0 Å². The van der Waals surface area contributed by atoms with E-state index < -0.39 is 29.4 Å². The third-order valence-electron chi connectivity index (χ3n) is 10.1. The van der Waals surface area contributed by atoms with Crippen LogP contribution in [0.25, 0.3) is 22.4 Å². The molecule has 1 fully saturated rings. The number of hydrogen-bond donors (Lipinski definition) is 2. The Morgan fingerprint density at radius 1 is 0.855 bits per heavy atom. The van der Waals surface area contributed by atoms with E-state index in [0.717, 1.165) is 46.5 Å². The molecule has 2 atom stereocenters. The SMILES string of the molecule is CC(C)c1c(C(=O)Nc2ccc(CCCOCCOCCOCC(=O)OC(C)(C)C)cc2)c(-c2ccccc2)c(-c2ccc(F)cc2)n1CC[C@@H]1C[C@H](CC(=O)O)OC(C)(C)O1. The number of nitrogens with zero attached hydrogens (tertiary/aromatic N) is 1. The Hall–Kier alpha value is -4.92. The summed E-state index contributed by atoms with van der Waals surface area (Å²) in [6, 6.07) is 23.9. The van der Waals surface area contributed by atoms with E-state index >= 15 is 0 Å². The number of aliphatic carboxylic acids is 1. The number of rotatable bonds is 22. The summed E-state index contributed by atoms with van der Waals surface area (Å²) < 4.78 is 50.6. The van der Waals surface area contributed by atoms with Crippen LogP contribution in [-0.4, -0.2) is 90.8 Å². The normalized spacial score (nSPS) is 16.3. The van der Waals surface area contributed by atoms with Crippen molar-refractivity contribution in [1.29, 1.82) is 0 Å². The number of aromatic nitrogens is 1. The lowest BCUT2D eigenvalue weighted by Crippen LogP contribution is -2.45. The number of esters is 1. The number of carboxylic acid groups (broad SMARTS) is 1. The molecule has 3 aromatic carbocycles. The molecule has 4 aromatic rings. The van der Waals surface area contributed by atoms with E-state index in [9.17, 15) is 23.9 Å². The number of carbonyl (C=O) groups excluding carboxylic acids is 2. The first-order valence-corrected chi connectivity index (χ1v) is 21.5. The van der Waals surface area contributed by atoms with E-state index in [4.69, 9.17) is 28.4 Å². The zero-order chi connectivity index (χ0) is 44.9.